The molecule has 5 rings (SSSR count). The minimum absolute atomic E-state index is 0.0318. The van der Waals surface area contributed by atoms with E-state index in [0.717, 1.165) is 24.8 Å². The second kappa shape index (κ2) is 10.0. The lowest BCUT2D eigenvalue weighted by Crippen LogP contribution is -2.44. The van der Waals surface area contributed by atoms with Gasteiger partial charge in [-0.05, 0) is 48.6 Å². The number of carbonyl (C=O) groups excluding carboxylic acids is 1. The minimum Gasteiger partial charge on any atom is -0.478 e. The molecule has 1 aromatic heterocycles. The molecule has 2 aromatic carbocycles. The van der Waals surface area contributed by atoms with Gasteiger partial charge in [-0.1, -0.05) is 54.1 Å². The first-order valence-corrected chi connectivity index (χ1v) is 11.8. The van der Waals surface area contributed by atoms with E-state index in [1.165, 1.54) is 23.4 Å². The summed E-state index contributed by atoms with van der Waals surface area (Å²) in [6.07, 6.45) is 6.10. The minimum atomic E-state index is -1.02. The largest absolute Gasteiger partial charge is 0.478 e. The molecule has 0 spiro atoms. The average molecular weight is 470 g/mol. The maximum absolute atomic E-state index is 12.7. The molecule has 7 nitrogen and oxygen atoms in total. The van der Waals surface area contributed by atoms with Crippen LogP contribution in [0.2, 0.25) is 0 Å². The molecular formula is C28H27N3O4. The van der Waals surface area contributed by atoms with Crippen molar-refractivity contribution in [2.75, 3.05) is 13.1 Å². The first kappa shape index (κ1) is 22.7. The maximum Gasteiger partial charge on any atom is 0.337 e. The number of urea groups is 1. The molecule has 1 saturated heterocycles. The normalized spacial score (nSPS) is 19.1. The summed E-state index contributed by atoms with van der Waals surface area (Å²) in [4.78, 5) is 29.6. The topological polar surface area (TPSA) is 91.8 Å². The summed E-state index contributed by atoms with van der Waals surface area (Å²) in [5, 5.41) is 12.2. The first-order chi connectivity index (χ1) is 17.0. The van der Waals surface area contributed by atoms with Gasteiger partial charge in [0.05, 0.1) is 5.56 Å². The predicted octanol–water partition coefficient (Wildman–Crippen LogP) is 5.32. The Hall–Kier alpha value is -4.13. The Bertz CT molecular complexity index is 1230. The zero-order valence-electron chi connectivity index (χ0n) is 19.3. The number of ether oxygens (including phenoxy) is 1. The lowest BCUT2D eigenvalue weighted by molar-refractivity contribution is 0.0696. The van der Waals surface area contributed by atoms with Crippen molar-refractivity contribution in [3.8, 4) is 11.6 Å². The van der Waals surface area contributed by atoms with Crippen molar-refractivity contribution in [1.29, 1.82) is 0 Å². The van der Waals surface area contributed by atoms with Gasteiger partial charge in [-0.25, -0.2) is 14.6 Å². The van der Waals surface area contributed by atoms with Crippen molar-refractivity contribution >= 4 is 18.1 Å². The van der Waals surface area contributed by atoms with E-state index in [9.17, 15) is 9.59 Å². The first-order valence-electron chi connectivity index (χ1n) is 11.8. The molecule has 7 heteroatoms. The Morgan fingerprint density at radius 1 is 1.03 bits per heavy atom. The summed E-state index contributed by atoms with van der Waals surface area (Å²) >= 11 is 0. The third kappa shape index (κ3) is 5.69. The molecule has 2 N–H and O–H groups in total. The molecule has 2 amide bonds. The number of hydrogen-bond acceptors (Lipinski definition) is 4. The Kier molecular flexibility index (Phi) is 6.48. The number of nitrogens with one attached hydrogen (secondary N) is 1. The van der Waals surface area contributed by atoms with Crippen LogP contribution in [0.15, 0.2) is 78.5 Å². The Morgan fingerprint density at radius 2 is 1.83 bits per heavy atom. The van der Waals surface area contributed by atoms with Gasteiger partial charge in [-0.2, -0.15) is 0 Å². The number of pyridine rings is 1. The van der Waals surface area contributed by atoms with Gasteiger partial charge < -0.3 is 20.1 Å². The number of rotatable bonds is 6. The van der Waals surface area contributed by atoms with Gasteiger partial charge >= 0.3 is 12.0 Å². The van der Waals surface area contributed by atoms with Crippen LogP contribution in [-0.2, 0) is 0 Å². The zero-order valence-corrected chi connectivity index (χ0v) is 19.3. The van der Waals surface area contributed by atoms with E-state index in [1.54, 1.807) is 6.07 Å². The zero-order chi connectivity index (χ0) is 24.2. The van der Waals surface area contributed by atoms with Gasteiger partial charge in [0.25, 0.3) is 0 Å². The SMILES string of the molecule is O=C(O)c1ccc(Oc2cccc(C=C3CCN(C(=O)N[C@@H]4C[C@H]4c4ccccc4)CC3)c2)nc1. The van der Waals surface area contributed by atoms with Gasteiger partial charge in [0.2, 0.25) is 5.88 Å². The summed E-state index contributed by atoms with van der Waals surface area (Å²) in [5.74, 6) is 0.374. The summed E-state index contributed by atoms with van der Waals surface area (Å²) in [7, 11) is 0. The number of aromatic nitrogens is 1. The standard InChI is InChI=1S/C28H27N3O4/c32-27(33)22-9-10-26(29-18-22)35-23-8-4-5-20(16-23)15-19-11-13-31(14-12-19)28(34)30-25-17-24(25)21-6-2-1-3-7-21/h1-10,15-16,18,24-25H,11-14,17H2,(H,30,34)(H,32,33)/t24-,25+/m0/s1. The van der Waals surface area contributed by atoms with Crippen LogP contribution in [0, 0.1) is 0 Å². The summed E-state index contributed by atoms with van der Waals surface area (Å²) in [6.45, 7) is 1.41. The van der Waals surface area contributed by atoms with Crippen LogP contribution in [-0.4, -0.2) is 46.1 Å². The molecule has 2 aliphatic rings. The Morgan fingerprint density at radius 3 is 2.54 bits per heavy atom. The number of aromatic carboxylic acids is 1. The van der Waals surface area contributed by atoms with Crippen molar-refractivity contribution in [3.05, 3.63) is 95.2 Å². The van der Waals surface area contributed by atoms with Crippen molar-refractivity contribution in [2.24, 2.45) is 0 Å². The van der Waals surface area contributed by atoms with Crippen molar-refractivity contribution in [1.82, 2.24) is 15.2 Å². The Balaban J connectivity index is 1.13. The molecule has 178 valence electrons. The fraction of sp³-hybridized carbons (Fsp3) is 0.250. The molecule has 35 heavy (non-hydrogen) atoms. The number of carboxylic acid groups (broad SMARTS) is 1. The molecular weight excluding hydrogens is 442 g/mol. The van der Waals surface area contributed by atoms with E-state index >= 15 is 0 Å². The predicted molar refractivity (Wildman–Crippen MR) is 133 cm³/mol. The number of amides is 2. The molecule has 2 atom stereocenters. The average Bonchev–Trinajstić information content (AvgIpc) is 3.64. The summed E-state index contributed by atoms with van der Waals surface area (Å²) in [5.41, 5.74) is 3.72. The molecule has 0 unspecified atom stereocenters. The number of hydrogen-bond donors (Lipinski definition) is 2. The van der Waals surface area contributed by atoms with Gasteiger partial charge in [0.1, 0.15) is 5.75 Å². The number of benzene rings is 2. The highest BCUT2D eigenvalue weighted by Gasteiger charge is 2.40. The highest BCUT2D eigenvalue weighted by molar-refractivity contribution is 5.87. The van der Waals surface area contributed by atoms with Crippen LogP contribution < -0.4 is 10.1 Å². The third-order valence-corrected chi connectivity index (χ3v) is 6.45. The number of likely N-dealkylation sites (tertiary alicyclic amines) is 1. The fourth-order valence-electron chi connectivity index (χ4n) is 4.41. The van der Waals surface area contributed by atoms with E-state index in [-0.39, 0.29) is 17.6 Å². The molecule has 2 heterocycles. The van der Waals surface area contributed by atoms with Crippen molar-refractivity contribution in [2.45, 2.75) is 31.2 Å². The Labute approximate surface area is 204 Å². The molecule has 3 aromatic rings. The fourth-order valence-corrected chi connectivity index (χ4v) is 4.41. The van der Waals surface area contributed by atoms with Gasteiger partial charge in [0.15, 0.2) is 0 Å². The highest BCUT2D eigenvalue weighted by atomic mass is 16.5. The quantitative estimate of drug-likeness (QED) is 0.510. The van der Waals surface area contributed by atoms with Crippen LogP contribution in [0.3, 0.4) is 0 Å². The monoisotopic (exact) mass is 469 g/mol. The van der Waals surface area contributed by atoms with E-state index in [2.05, 4.69) is 28.5 Å². The van der Waals surface area contributed by atoms with Crippen molar-refractivity contribution < 1.29 is 19.4 Å². The smallest absolute Gasteiger partial charge is 0.337 e. The second-order valence-corrected chi connectivity index (χ2v) is 8.96. The van der Waals surface area contributed by atoms with Crippen LogP contribution in [0.25, 0.3) is 6.08 Å². The van der Waals surface area contributed by atoms with E-state index < -0.39 is 5.97 Å². The number of piperidine rings is 1. The van der Waals surface area contributed by atoms with Gasteiger partial charge in [-0.15, -0.1) is 0 Å². The molecule has 2 fully saturated rings. The molecule has 1 aliphatic heterocycles. The molecule has 0 radical (unpaired) electrons. The van der Waals surface area contributed by atoms with Crippen LogP contribution >= 0.6 is 0 Å². The lowest BCUT2D eigenvalue weighted by Gasteiger charge is -2.28. The van der Waals surface area contributed by atoms with E-state index in [1.807, 2.05) is 47.4 Å². The summed E-state index contributed by atoms with van der Waals surface area (Å²) < 4.78 is 5.78. The maximum atomic E-state index is 12.7. The highest BCUT2D eigenvalue weighted by Crippen LogP contribution is 2.40. The number of carbonyl (C=O) groups is 2. The van der Waals surface area contributed by atoms with Crippen LogP contribution in [0.5, 0.6) is 11.6 Å². The third-order valence-electron chi connectivity index (χ3n) is 6.45. The molecule has 1 saturated carbocycles. The number of carboxylic acids is 1. The van der Waals surface area contributed by atoms with Gasteiger partial charge in [0, 0.05) is 37.3 Å². The number of nitrogens with zero attached hydrogens (tertiary/aromatic N) is 2. The van der Waals surface area contributed by atoms with E-state index in [4.69, 9.17) is 9.84 Å². The summed E-state index contributed by atoms with van der Waals surface area (Å²) in [6, 6.07) is 21.3. The van der Waals surface area contributed by atoms with Gasteiger partial charge in [-0.3, -0.25) is 0 Å². The molecule has 0 bridgehead atoms. The van der Waals surface area contributed by atoms with Crippen LogP contribution in [0.1, 0.15) is 46.7 Å². The van der Waals surface area contributed by atoms with E-state index in [0.29, 0.717) is 30.6 Å². The molecule has 1 aliphatic carbocycles. The lowest BCUT2D eigenvalue weighted by atomic mass is 10.0. The van der Waals surface area contributed by atoms with Crippen molar-refractivity contribution in [3.63, 3.8) is 0 Å². The van der Waals surface area contributed by atoms with Crippen LogP contribution in [0.4, 0.5) is 4.79 Å². The second-order valence-electron chi connectivity index (χ2n) is 8.96.